The molecule has 1 aromatic carbocycles. The number of aromatic amines is 1. The van der Waals surface area contributed by atoms with Gasteiger partial charge in [0.2, 0.25) is 5.16 Å². The van der Waals surface area contributed by atoms with Crippen LogP contribution in [0, 0.1) is 6.92 Å². The van der Waals surface area contributed by atoms with Gasteiger partial charge in [0.15, 0.2) is 6.61 Å². The maximum absolute atomic E-state index is 13.1. The summed E-state index contributed by atoms with van der Waals surface area (Å²) in [5.74, 6) is -5.70. The van der Waals surface area contributed by atoms with E-state index in [4.69, 9.17) is 0 Å². The van der Waals surface area contributed by atoms with Gasteiger partial charge < -0.3 is 9.72 Å². The van der Waals surface area contributed by atoms with Crippen molar-refractivity contribution >= 4 is 26.9 Å². The summed E-state index contributed by atoms with van der Waals surface area (Å²) in [6, 6.07) is 7.54. The van der Waals surface area contributed by atoms with Crippen LogP contribution < -0.4 is 9.04 Å². The molecule has 0 spiro atoms. The van der Waals surface area contributed by atoms with Gasteiger partial charge in [0.25, 0.3) is 10.0 Å². The highest BCUT2D eigenvalue weighted by molar-refractivity contribution is 7.92. The van der Waals surface area contributed by atoms with E-state index in [1.165, 1.54) is 6.92 Å². The summed E-state index contributed by atoms with van der Waals surface area (Å²) in [6.07, 6.45) is -4.68. The van der Waals surface area contributed by atoms with Gasteiger partial charge in [-0.25, -0.2) is 9.97 Å². The summed E-state index contributed by atoms with van der Waals surface area (Å²) < 4.78 is 94.3. The maximum Gasteiger partial charge on any atom is 0.456 e. The Hall–Kier alpha value is -2.96. The number of hydrogen-bond donors (Lipinski definition) is 1. The molecule has 0 aliphatic heterocycles. The number of nitrogens with one attached hydrogen (secondary N) is 1. The third-order valence-corrected chi connectivity index (χ3v) is 5.75. The van der Waals surface area contributed by atoms with Gasteiger partial charge in [-0.1, -0.05) is 12.1 Å². The van der Waals surface area contributed by atoms with Gasteiger partial charge in [0, 0.05) is 24.9 Å². The van der Waals surface area contributed by atoms with E-state index in [-0.39, 0.29) is 22.3 Å². The van der Waals surface area contributed by atoms with Gasteiger partial charge in [0.1, 0.15) is 11.6 Å². The largest absolute Gasteiger partial charge is 0.486 e. The summed E-state index contributed by atoms with van der Waals surface area (Å²) in [7, 11) is -3.10. The highest BCUT2D eigenvalue weighted by Gasteiger charge is 2.58. The number of aromatic nitrogens is 3. The molecule has 0 saturated carbocycles. The lowest BCUT2D eigenvalue weighted by Gasteiger charge is -2.21. The highest BCUT2D eigenvalue weighted by atomic mass is 32.2. The third kappa shape index (κ3) is 4.01. The molecule has 162 valence electrons. The molecule has 0 fully saturated rings. The van der Waals surface area contributed by atoms with Gasteiger partial charge in [-0.15, -0.1) is 0 Å². The molecule has 3 aromatic rings. The molecule has 0 unspecified atom stereocenters. The zero-order chi connectivity index (χ0) is 22.3. The number of ether oxygens (including phenoxy) is 1. The minimum atomic E-state index is -5.78. The molecular weight excluding hydrogens is 435 g/mol. The smallest absolute Gasteiger partial charge is 0.456 e. The molecule has 0 saturated heterocycles. The average molecular weight is 450 g/mol. The number of alkyl halides is 5. The monoisotopic (exact) mass is 450 g/mol. The number of H-pyrrole nitrogens is 1. The van der Waals surface area contributed by atoms with E-state index in [9.17, 15) is 30.4 Å². The molecule has 0 aliphatic carbocycles. The minimum absolute atomic E-state index is 0.145. The molecule has 30 heavy (non-hydrogen) atoms. The molecular formula is C17H15F5N4O3S. The Morgan fingerprint density at radius 1 is 1.17 bits per heavy atom. The Morgan fingerprint density at radius 3 is 2.47 bits per heavy atom. The first-order chi connectivity index (χ1) is 13.8. The number of imidazole rings is 1. The number of para-hydroxylation sites is 2. The molecule has 0 radical (unpaired) electrons. The number of fused-ring (bicyclic) bond motifs is 1. The third-order valence-electron chi connectivity index (χ3n) is 4.16. The van der Waals surface area contributed by atoms with E-state index < -0.39 is 28.7 Å². The molecule has 13 heteroatoms. The Balaban J connectivity index is 1.89. The van der Waals surface area contributed by atoms with Crippen LogP contribution in [0.4, 0.5) is 27.8 Å². The number of pyridine rings is 1. The van der Waals surface area contributed by atoms with Crippen LogP contribution >= 0.6 is 0 Å². The fraction of sp³-hybridized carbons (Fsp3) is 0.294. The van der Waals surface area contributed by atoms with Gasteiger partial charge in [-0.05, 0) is 19.1 Å². The van der Waals surface area contributed by atoms with Crippen molar-refractivity contribution in [1.82, 2.24) is 15.0 Å². The quantitative estimate of drug-likeness (QED) is 0.579. The number of rotatable bonds is 6. The first-order valence-corrected chi connectivity index (χ1v) is 9.74. The Morgan fingerprint density at radius 2 is 1.83 bits per heavy atom. The number of hydrogen-bond acceptors (Lipinski definition) is 5. The number of benzene rings is 1. The van der Waals surface area contributed by atoms with E-state index in [1.807, 2.05) is 0 Å². The summed E-state index contributed by atoms with van der Waals surface area (Å²) >= 11 is 0. The van der Waals surface area contributed by atoms with Crippen molar-refractivity contribution in [3.8, 4) is 5.75 Å². The van der Waals surface area contributed by atoms with Crippen molar-refractivity contribution in [2.45, 2.75) is 24.2 Å². The Bertz CT molecular complexity index is 1140. The van der Waals surface area contributed by atoms with E-state index in [0.717, 1.165) is 19.3 Å². The molecule has 2 aromatic heterocycles. The van der Waals surface area contributed by atoms with Crippen molar-refractivity contribution in [2.24, 2.45) is 0 Å². The molecule has 0 amide bonds. The van der Waals surface area contributed by atoms with Crippen molar-refractivity contribution in [3.63, 3.8) is 0 Å². The second-order valence-corrected chi connectivity index (χ2v) is 8.22. The average Bonchev–Trinajstić information content (AvgIpc) is 3.11. The maximum atomic E-state index is 13.1. The van der Waals surface area contributed by atoms with Crippen LogP contribution in [0.15, 0.2) is 41.7 Å². The van der Waals surface area contributed by atoms with Crippen LogP contribution in [-0.4, -0.2) is 49.1 Å². The number of nitrogens with zero attached hydrogens (tertiary/aromatic N) is 3. The van der Waals surface area contributed by atoms with E-state index >= 15 is 0 Å². The molecule has 3 rings (SSSR count). The lowest BCUT2D eigenvalue weighted by molar-refractivity contribution is -0.290. The molecule has 0 aliphatic rings. The normalized spacial score (nSPS) is 12.9. The number of halogens is 5. The predicted octanol–water partition coefficient (Wildman–Crippen LogP) is 3.67. The molecule has 0 bridgehead atoms. The number of aryl methyl sites for hydroxylation is 1. The van der Waals surface area contributed by atoms with Crippen molar-refractivity contribution < 1.29 is 35.1 Å². The molecule has 1 N–H and O–H groups in total. The lowest BCUT2D eigenvalue weighted by Crippen LogP contribution is -2.41. The predicted molar refractivity (Wildman–Crippen MR) is 97.2 cm³/mol. The minimum Gasteiger partial charge on any atom is -0.486 e. The van der Waals surface area contributed by atoms with E-state index in [2.05, 4.69) is 19.7 Å². The zero-order valence-corrected chi connectivity index (χ0v) is 16.4. The van der Waals surface area contributed by atoms with Crippen molar-refractivity contribution in [3.05, 3.63) is 42.1 Å². The number of anilines is 1. The van der Waals surface area contributed by atoms with Crippen LogP contribution in [0.3, 0.4) is 0 Å². The fourth-order valence-corrected chi connectivity index (χ4v) is 3.44. The van der Waals surface area contributed by atoms with Crippen LogP contribution in [0.1, 0.15) is 5.56 Å². The van der Waals surface area contributed by atoms with Crippen LogP contribution in [-0.2, 0) is 10.0 Å². The Labute approximate surface area is 167 Å². The fourth-order valence-electron chi connectivity index (χ4n) is 2.38. The second-order valence-electron chi connectivity index (χ2n) is 6.33. The lowest BCUT2D eigenvalue weighted by atomic mass is 10.3. The first kappa shape index (κ1) is 21.7. The van der Waals surface area contributed by atoms with Crippen molar-refractivity contribution in [2.75, 3.05) is 18.0 Å². The van der Waals surface area contributed by atoms with Crippen LogP contribution in [0.25, 0.3) is 11.0 Å². The molecule has 2 heterocycles. The molecule has 7 nitrogen and oxygen atoms in total. The van der Waals surface area contributed by atoms with Gasteiger partial charge in [-0.2, -0.15) is 30.4 Å². The van der Waals surface area contributed by atoms with Crippen molar-refractivity contribution in [1.29, 1.82) is 0 Å². The number of sulfonamides is 1. The van der Waals surface area contributed by atoms with Gasteiger partial charge in [-0.3, -0.25) is 4.31 Å². The zero-order valence-electron chi connectivity index (χ0n) is 15.5. The van der Waals surface area contributed by atoms with Gasteiger partial charge >= 0.3 is 12.1 Å². The van der Waals surface area contributed by atoms with Gasteiger partial charge in [0.05, 0.1) is 11.0 Å². The Kier molecular flexibility index (Phi) is 5.35. The van der Waals surface area contributed by atoms with E-state index in [0.29, 0.717) is 15.3 Å². The first-order valence-electron chi connectivity index (χ1n) is 8.30. The van der Waals surface area contributed by atoms with Crippen LogP contribution in [0.5, 0.6) is 5.75 Å². The summed E-state index contributed by atoms with van der Waals surface area (Å²) in [4.78, 5) is 10.5. The summed E-state index contributed by atoms with van der Waals surface area (Å²) in [6.45, 7) is -0.591. The highest BCUT2D eigenvalue weighted by Crippen LogP contribution is 2.36. The van der Waals surface area contributed by atoms with Crippen LogP contribution in [0.2, 0.25) is 0 Å². The second kappa shape index (κ2) is 7.38. The summed E-state index contributed by atoms with van der Waals surface area (Å²) in [5, 5.41) is -0.389. The summed E-state index contributed by atoms with van der Waals surface area (Å²) in [5.41, 5.74) is 1.02. The standard InChI is InChI=1S/C17H15F5N4O3S/c1-10-8-23-14(7-13(10)29-9-16(18,19)17(20,21)22)26(2)30(27,28)15-24-11-5-3-4-6-12(11)25-15/h3-8H,9H2,1-2H3,(H,24,25). The molecule has 0 atom stereocenters. The SMILES string of the molecule is Cc1cnc(N(C)S(=O)(=O)c2nc3ccccc3[nH]2)cc1OCC(F)(F)C(F)(F)F. The topological polar surface area (TPSA) is 88.2 Å². The van der Waals surface area contributed by atoms with E-state index in [1.54, 1.807) is 24.3 Å².